The Morgan fingerprint density at radius 1 is 1.06 bits per heavy atom. The smallest absolute Gasteiger partial charge is 0.311 e. The molecule has 0 spiro atoms. The minimum Gasteiger partial charge on any atom is -0.382 e. The number of hydrogen-bond acceptors (Lipinski definition) is 5. The van der Waals surface area contributed by atoms with Crippen molar-refractivity contribution >= 4 is 26.9 Å². The summed E-state index contributed by atoms with van der Waals surface area (Å²) in [6.07, 6.45) is 3.85. The fourth-order valence-corrected chi connectivity index (χ4v) is 5.24. The van der Waals surface area contributed by atoms with Gasteiger partial charge in [-0.3, -0.25) is 9.69 Å². The Morgan fingerprint density at radius 2 is 1.85 bits per heavy atom. The van der Waals surface area contributed by atoms with Crippen LogP contribution in [-0.2, 0) is 23.2 Å². The van der Waals surface area contributed by atoms with Crippen molar-refractivity contribution in [1.29, 1.82) is 0 Å². The number of fused-ring (bicyclic) bond motifs is 2. The molecule has 0 unspecified atom stereocenters. The highest BCUT2D eigenvalue weighted by Crippen LogP contribution is 2.37. The van der Waals surface area contributed by atoms with E-state index in [1.807, 2.05) is 0 Å². The van der Waals surface area contributed by atoms with E-state index in [0.717, 1.165) is 41.8 Å². The standard InChI is InChI=1S/C25H29N3O4S/c1-16(2)33(30,31)32-23-9-7-19(24-20(23)14-26-25(24)29)22-13-18-12-17(6-8-21(18)27-22)15-28-10-4-3-5-11-28/h6-9,12-13,16,27H,3-5,10-11,14-15H2,1-2H3,(H,26,29). The molecule has 3 heterocycles. The topological polar surface area (TPSA) is 91.5 Å². The first kappa shape index (κ1) is 22.0. The third-order valence-corrected chi connectivity index (χ3v) is 8.10. The van der Waals surface area contributed by atoms with E-state index in [1.165, 1.54) is 24.8 Å². The first-order valence-corrected chi connectivity index (χ1v) is 13.0. The van der Waals surface area contributed by atoms with Crippen LogP contribution in [0.5, 0.6) is 5.75 Å². The lowest BCUT2D eigenvalue weighted by molar-refractivity contribution is 0.0966. The van der Waals surface area contributed by atoms with Gasteiger partial charge in [0.25, 0.3) is 5.91 Å². The third-order valence-electron chi connectivity index (χ3n) is 6.54. The summed E-state index contributed by atoms with van der Waals surface area (Å²) >= 11 is 0. The second-order valence-electron chi connectivity index (χ2n) is 9.21. The first-order valence-electron chi connectivity index (χ1n) is 11.5. The number of H-pyrrole nitrogens is 1. The van der Waals surface area contributed by atoms with E-state index in [0.29, 0.717) is 11.1 Å². The number of amides is 1. The number of nitrogens with one attached hydrogen (secondary N) is 2. The Hall–Kier alpha value is -2.84. The van der Waals surface area contributed by atoms with Gasteiger partial charge in [0.05, 0.1) is 10.8 Å². The Bertz CT molecular complexity index is 1320. The van der Waals surface area contributed by atoms with Crippen LogP contribution in [0.4, 0.5) is 0 Å². The number of likely N-dealkylation sites (tertiary alicyclic amines) is 1. The second-order valence-corrected chi connectivity index (χ2v) is 11.3. The van der Waals surface area contributed by atoms with Crippen LogP contribution in [0.1, 0.15) is 54.6 Å². The van der Waals surface area contributed by atoms with E-state index in [4.69, 9.17) is 4.18 Å². The summed E-state index contributed by atoms with van der Waals surface area (Å²) < 4.78 is 29.9. The number of nitrogens with zero attached hydrogens (tertiary/aromatic N) is 1. The Kier molecular flexibility index (Phi) is 5.66. The van der Waals surface area contributed by atoms with E-state index >= 15 is 0 Å². The summed E-state index contributed by atoms with van der Waals surface area (Å²) in [6, 6.07) is 11.9. The van der Waals surface area contributed by atoms with E-state index in [-0.39, 0.29) is 18.2 Å². The van der Waals surface area contributed by atoms with Crippen LogP contribution in [0.3, 0.4) is 0 Å². The van der Waals surface area contributed by atoms with Gasteiger partial charge in [0, 0.05) is 40.8 Å². The maximum absolute atomic E-state index is 12.7. The van der Waals surface area contributed by atoms with Crippen LogP contribution in [0, 0.1) is 0 Å². The molecule has 0 aliphatic carbocycles. The number of aromatic amines is 1. The van der Waals surface area contributed by atoms with Crippen LogP contribution in [0.2, 0.25) is 0 Å². The summed E-state index contributed by atoms with van der Waals surface area (Å²) in [7, 11) is -3.76. The van der Waals surface area contributed by atoms with Crippen LogP contribution in [0.15, 0.2) is 36.4 Å². The SMILES string of the molecule is CC(C)S(=O)(=O)Oc1ccc(-c2cc3cc(CN4CCCCC4)ccc3[nH]2)c2c1CNC2=O. The molecular weight excluding hydrogens is 438 g/mol. The molecule has 2 aliphatic rings. The van der Waals surface area contributed by atoms with Crippen molar-refractivity contribution in [2.24, 2.45) is 0 Å². The van der Waals surface area contributed by atoms with Gasteiger partial charge in [0.1, 0.15) is 5.75 Å². The average Bonchev–Trinajstić information content (AvgIpc) is 3.38. The van der Waals surface area contributed by atoms with E-state index in [9.17, 15) is 13.2 Å². The zero-order chi connectivity index (χ0) is 23.2. The summed E-state index contributed by atoms with van der Waals surface area (Å²) in [6.45, 7) is 6.63. The molecule has 3 aromatic rings. The monoisotopic (exact) mass is 467 g/mol. The van der Waals surface area contributed by atoms with Gasteiger partial charge in [0.2, 0.25) is 0 Å². The molecule has 7 nitrogen and oxygen atoms in total. The van der Waals surface area contributed by atoms with Crippen molar-refractivity contribution in [2.75, 3.05) is 13.1 Å². The maximum Gasteiger partial charge on any atom is 0.311 e. The molecule has 33 heavy (non-hydrogen) atoms. The Balaban J connectivity index is 1.49. The molecule has 0 radical (unpaired) electrons. The average molecular weight is 468 g/mol. The maximum atomic E-state index is 12.7. The van der Waals surface area contributed by atoms with Gasteiger partial charge in [-0.2, -0.15) is 8.42 Å². The molecule has 0 atom stereocenters. The van der Waals surface area contributed by atoms with Crippen LogP contribution in [-0.4, -0.2) is 42.5 Å². The minimum atomic E-state index is -3.76. The third kappa shape index (κ3) is 4.25. The van der Waals surface area contributed by atoms with Crippen LogP contribution < -0.4 is 9.50 Å². The molecule has 2 aliphatic heterocycles. The zero-order valence-corrected chi connectivity index (χ0v) is 19.8. The molecule has 1 aromatic heterocycles. The lowest BCUT2D eigenvalue weighted by Gasteiger charge is -2.26. The van der Waals surface area contributed by atoms with E-state index in [1.54, 1.807) is 26.0 Å². The van der Waals surface area contributed by atoms with Gasteiger partial charge in [0.15, 0.2) is 0 Å². The molecule has 0 saturated carbocycles. The number of benzene rings is 2. The van der Waals surface area contributed by atoms with E-state index < -0.39 is 15.4 Å². The van der Waals surface area contributed by atoms with Gasteiger partial charge in [-0.25, -0.2) is 0 Å². The van der Waals surface area contributed by atoms with Crippen LogP contribution in [0.25, 0.3) is 22.2 Å². The summed E-state index contributed by atoms with van der Waals surface area (Å²) in [5.74, 6) is -0.0161. The lowest BCUT2D eigenvalue weighted by Crippen LogP contribution is -2.28. The predicted molar refractivity (Wildman–Crippen MR) is 129 cm³/mol. The zero-order valence-electron chi connectivity index (χ0n) is 19.0. The van der Waals surface area contributed by atoms with Gasteiger partial charge in [-0.1, -0.05) is 12.5 Å². The van der Waals surface area contributed by atoms with Crippen molar-refractivity contribution in [3.63, 3.8) is 0 Å². The normalized spacial score (nSPS) is 16.9. The number of carbonyl (C=O) groups excluding carboxylic acids is 1. The number of aromatic nitrogens is 1. The van der Waals surface area contributed by atoms with Gasteiger partial charge < -0.3 is 14.5 Å². The number of rotatable bonds is 6. The molecule has 5 rings (SSSR count). The summed E-state index contributed by atoms with van der Waals surface area (Å²) in [5.41, 5.74) is 4.88. The van der Waals surface area contributed by atoms with E-state index in [2.05, 4.69) is 39.5 Å². The molecule has 1 saturated heterocycles. The molecular formula is C25H29N3O4S. The Morgan fingerprint density at radius 3 is 2.61 bits per heavy atom. The minimum absolute atomic E-state index is 0.209. The largest absolute Gasteiger partial charge is 0.382 e. The molecule has 2 N–H and O–H groups in total. The fraction of sp³-hybridized carbons (Fsp3) is 0.400. The van der Waals surface area contributed by atoms with Gasteiger partial charge in [-0.15, -0.1) is 0 Å². The molecule has 8 heteroatoms. The summed E-state index contributed by atoms with van der Waals surface area (Å²) in [5, 5.41) is 3.22. The molecule has 1 amide bonds. The second kappa shape index (κ2) is 8.50. The number of hydrogen-bond donors (Lipinski definition) is 2. The summed E-state index contributed by atoms with van der Waals surface area (Å²) in [4.78, 5) is 18.6. The van der Waals surface area contributed by atoms with Crippen LogP contribution >= 0.6 is 0 Å². The van der Waals surface area contributed by atoms with Gasteiger partial charge >= 0.3 is 10.1 Å². The predicted octanol–water partition coefficient (Wildman–Crippen LogP) is 4.18. The highest BCUT2D eigenvalue weighted by molar-refractivity contribution is 7.87. The fourth-order valence-electron chi connectivity index (χ4n) is 4.65. The molecule has 174 valence electrons. The molecule has 0 bridgehead atoms. The quantitative estimate of drug-likeness (QED) is 0.531. The molecule has 2 aromatic carbocycles. The number of carbonyl (C=O) groups is 1. The first-order chi connectivity index (χ1) is 15.8. The lowest BCUT2D eigenvalue weighted by atomic mass is 9.99. The Labute approximate surface area is 194 Å². The highest BCUT2D eigenvalue weighted by Gasteiger charge is 2.30. The molecule has 1 fully saturated rings. The number of piperidine rings is 1. The van der Waals surface area contributed by atoms with Crippen molar-refractivity contribution in [3.05, 3.63) is 53.1 Å². The van der Waals surface area contributed by atoms with Gasteiger partial charge in [-0.05, 0) is 75.7 Å². The van der Waals surface area contributed by atoms with Crippen molar-refractivity contribution in [3.8, 4) is 17.0 Å². The van der Waals surface area contributed by atoms with Crippen molar-refractivity contribution in [2.45, 2.75) is 51.4 Å². The van der Waals surface area contributed by atoms with Crippen molar-refractivity contribution < 1.29 is 17.4 Å². The highest BCUT2D eigenvalue weighted by atomic mass is 32.2. The van der Waals surface area contributed by atoms with Crippen molar-refractivity contribution in [1.82, 2.24) is 15.2 Å².